The number of nitrogens with two attached hydrogens (primary N) is 1. The van der Waals surface area contributed by atoms with Crippen LogP contribution in [0.1, 0.15) is 30.3 Å². The van der Waals surface area contributed by atoms with Crippen molar-refractivity contribution in [3.05, 3.63) is 24.0 Å². The first kappa shape index (κ1) is 13.8. The quantitative estimate of drug-likeness (QED) is 0.830. The lowest BCUT2D eigenvalue weighted by atomic mass is 9.99. The fraction of sp³-hybridized carbons (Fsp3) is 0.571. The van der Waals surface area contributed by atoms with Gasteiger partial charge >= 0.3 is 0 Å². The lowest BCUT2D eigenvalue weighted by Gasteiger charge is -2.31. The topological polar surface area (TPSA) is 71.2 Å². The Hall–Kier alpha value is -1.62. The minimum Gasteiger partial charge on any atom is -0.371 e. The number of amides is 1. The van der Waals surface area contributed by atoms with Crippen molar-refractivity contribution in [2.75, 3.05) is 31.1 Å². The van der Waals surface area contributed by atoms with Gasteiger partial charge in [-0.25, -0.2) is 0 Å². The van der Waals surface area contributed by atoms with Crippen LogP contribution in [0.25, 0.3) is 0 Å². The molecule has 1 aromatic rings. The van der Waals surface area contributed by atoms with Crippen molar-refractivity contribution in [2.24, 2.45) is 11.7 Å². The molecule has 19 heavy (non-hydrogen) atoms. The summed E-state index contributed by atoms with van der Waals surface area (Å²) >= 11 is 0. The molecule has 0 spiro atoms. The molecular weight excluding hydrogens is 240 g/mol. The second kappa shape index (κ2) is 6.52. The third-order valence-electron chi connectivity index (χ3n) is 3.62. The van der Waals surface area contributed by atoms with E-state index in [1.165, 1.54) is 12.8 Å². The van der Waals surface area contributed by atoms with E-state index < -0.39 is 5.91 Å². The Morgan fingerprint density at radius 2 is 2.47 bits per heavy atom. The molecule has 3 N–H and O–H groups in total. The molecule has 0 bridgehead atoms. The number of aromatic nitrogens is 1. The molecule has 1 fully saturated rings. The third kappa shape index (κ3) is 3.67. The Balaban J connectivity index is 2.07. The van der Waals surface area contributed by atoms with Crippen molar-refractivity contribution >= 4 is 11.6 Å². The average Bonchev–Trinajstić information content (AvgIpc) is 2.46. The zero-order chi connectivity index (χ0) is 13.7. The molecule has 0 aliphatic carbocycles. The number of anilines is 1. The predicted octanol–water partition coefficient (Wildman–Crippen LogP) is 1.01. The highest BCUT2D eigenvalue weighted by molar-refractivity contribution is 5.91. The first-order valence-electron chi connectivity index (χ1n) is 6.92. The fourth-order valence-corrected chi connectivity index (χ4v) is 2.56. The molecular formula is C14H22N4O. The maximum Gasteiger partial charge on any atom is 0.267 e. The summed E-state index contributed by atoms with van der Waals surface area (Å²) in [5, 5.41) is 3.43. The number of carbonyl (C=O) groups is 1. The van der Waals surface area contributed by atoms with Gasteiger partial charge in [-0.15, -0.1) is 0 Å². The highest BCUT2D eigenvalue weighted by Gasteiger charge is 2.17. The van der Waals surface area contributed by atoms with Gasteiger partial charge in [-0.1, -0.05) is 0 Å². The molecule has 1 saturated heterocycles. The summed E-state index contributed by atoms with van der Waals surface area (Å²) in [4.78, 5) is 17.5. The van der Waals surface area contributed by atoms with Gasteiger partial charge in [0.2, 0.25) is 0 Å². The van der Waals surface area contributed by atoms with Gasteiger partial charge in [-0.3, -0.25) is 9.78 Å². The van der Waals surface area contributed by atoms with Crippen molar-refractivity contribution in [1.82, 2.24) is 10.3 Å². The summed E-state index contributed by atoms with van der Waals surface area (Å²) in [7, 11) is 0. The predicted molar refractivity (Wildman–Crippen MR) is 76.2 cm³/mol. The van der Waals surface area contributed by atoms with E-state index in [0.717, 1.165) is 31.9 Å². The van der Waals surface area contributed by atoms with E-state index >= 15 is 0 Å². The van der Waals surface area contributed by atoms with Gasteiger partial charge < -0.3 is 16.0 Å². The van der Waals surface area contributed by atoms with E-state index in [4.69, 9.17) is 5.73 Å². The molecule has 2 rings (SSSR count). The number of hydrogen-bond acceptors (Lipinski definition) is 4. The largest absolute Gasteiger partial charge is 0.371 e. The van der Waals surface area contributed by atoms with Crippen LogP contribution in [-0.2, 0) is 0 Å². The molecule has 5 heteroatoms. The van der Waals surface area contributed by atoms with Gasteiger partial charge in [0.1, 0.15) is 5.69 Å². The monoisotopic (exact) mass is 262 g/mol. The van der Waals surface area contributed by atoms with Gasteiger partial charge in [0.25, 0.3) is 5.91 Å². The highest BCUT2D eigenvalue weighted by atomic mass is 16.1. The molecule has 1 amide bonds. The van der Waals surface area contributed by atoms with Crippen molar-refractivity contribution in [3.8, 4) is 0 Å². The van der Waals surface area contributed by atoms with Gasteiger partial charge in [0.15, 0.2) is 0 Å². The number of pyridine rings is 1. The molecule has 1 aliphatic rings. The molecule has 1 unspecified atom stereocenters. The van der Waals surface area contributed by atoms with Crippen LogP contribution in [0.15, 0.2) is 18.3 Å². The van der Waals surface area contributed by atoms with Crippen LogP contribution in [0.2, 0.25) is 0 Å². The van der Waals surface area contributed by atoms with Crippen LogP contribution in [0.4, 0.5) is 5.69 Å². The molecule has 0 radical (unpaired) electrons. The van der Waals surface area contributed by atoms with Crippen LogP contribution in [0, 0.1) is 5.92 Å². The Labute approximate surface area is 114 Å². The number of piperidine rings is 1. The van der Waals surface area contributed by atoms with Crippen LogP contribution in [0.3, 0.4) is 0 Å². The Morgan fingerprint density at radius 1 is 1.63 bits per heavy atom. The van der Waals surface area contributed by atoms with Crippen molar-refractivity contribution in [3.63, 3.8) is 0 Å². The summed E-state index contributed by atoms with van der Waals surface area (Å²) in [6, 6.07) is 3.72. The summed E-state index contributed by atoms with van der Waals surface area (Å²) in [5.41, 5.74) is 6.63. The second-order valence-corrected chi connectivity index (χ2v) is 5.01. The van der Waals surface area contributed by atoms with E-state index in [1.807, 2.05) is 6.07 Å². The van der Waals surface area contributed by atoms with Crippen molar-refractivity contribution < 1.29 is 4.79 Å². The smallest absolute Gasteiger partial charge is 0.267 e. The van der Waals surface area contributed by atoms with Crippen molar-refractivity contribution in [1.29, 1.82) is 0 Å². The number of nitrogens with one attached hydrogen (secondary N) is 1. The molecule has 2 heterocycles. The standard InChI is InChI=1S/C14H22N4O/c1-2-18(10-11-4-3-6-16-9-11)12-5-7-17-13(8-12)14(15)19/h5,7-8,11,16H,2-4,6,9-10H2,1H3,(H2,15,19). The van der Waals surface area contributed by atoms with E-state index in [9.17, 15) is 4.79 Å². The number of primary amides is 1. The zero-order valence-electron chi connectivity index (χ0n) is 11.4. The van der Waals surface area contributed by atoms with Gasteiger partial charge in [-0.05, 0) is 50.9 Å². The molecule has 1 atom stereocenters. The minimum atomic E-state index is -0.475. The summed E-state index contributed by atoms with van der Waals surface area (Å²) in [5.74, 6) is 0.191. The summed E-state index contributed by atoms with van der Waals surface area (Å²) < 4.78 is 0. The summed E-state index contributed by atoms with van der Waals surface area (Å²) in [6.07, 6.45) is 4.15. The third-order valence-corrected chi connectivity index (χ3v) is 3.62. The van der Waals surface area contributed by atoms with E-state index in [-0.39, 0.29) is 0 Å². The lowest BCUT2D eigenvalue weighted by Crippen LogP contribution is -2.38. The summed E-state index contributed by atoms with van der Waals surface area (Å²) in [6.45, 7) is 6.25. The highest BCUT2D eigenvalue weighted by Crippen LogP contribution is 2.19. The van der Waals surface area contributed by atoms with E-state index in [0.29, 0.717) is 11.6 Å². The first-order valence-corrected chi connectivity index (χ1v) is 6.92. The van der Waals surface area contributed by atoms with Crippen LogP contribution in [-0.4, -0.2) is 37.1 Å². The zero-order valence-corrected chi connectivity index (χ0v) is 11.4. The molecule has 104 valence electrons. The lowest BCUT2D eigenvalue weighted by molar-refractivity contribution is 0.0995. The van der Waals surface area contributed by atoms with Crippen LogP contribution in [0.5, 0.6) is 0 Å². The van der Waals surface area contributed by atoms with Crippen molar-refractivity contribution in [2.45, 2.75) is 19.8 Å². The molecule has 5 nitrogen and oxygen atoms in total. The number of rotatable bonds is 5. The number of hydrogen-bond donors (Lipinski definition) is 2. The maximum atomic E-state index is 11.2. The minimum absolute atomic E-state index is 0.331. The molecule has 0 saturated carbocycles. The Bertz CT molecular complexity index is 429. The fourth-order valence-electron chi connectivity index (χ4n) is 2.56. The van der Waals surface area contributed by atoms with Crippen LogP contribution < -0.4 is 16.0 Å². The van der Waals surface area contributed by atoms with E-state index in [2.05, 4.69) is 22.1 Å². The SMILES string of the molecule is CCN(CC1CCCNC1)c1ccnc(C(N)=O)c1. The molecule has 1 aliphatic heterocycles. The Kier molecular flexibility index (Phi) is 4.74. The van der Waals surface area contributed by atoms with Crippen LogP contribution >= 0.6 is 0 Å². The molecule has 0 aromatic carbocycles. The molecule has 1 aromatic heterocycles. The number of carbonyl (C=O) groups excluding carboxylic acids is 1. The van der Waals surface area contributed by atoms with E-state index in [1.54, 1.807) is 12.3 Å². The average molecular weight is 262 g/mol. The van der Waals surface area contributed by atoms with Gasteiger partial charge in [-0.2, -0.15) is 0 Å². The first-order chi connectivity index (χ1) is 9.20. The second-order valence-electron chi connectivity index (χ2n) is 5.01. The Morgan fingerprint density at radius 3 is 3.11 bits per heavy atom. The van der Waals surface area contributed by atoms with Gasteiger partial charge in [0, 0.05) is 25.0 Å². The number of nitrogens with zero attached hydrogens (tertiary/aromatic N) is 2. The normalized spacial score (nSPS) is 19.1. The maximum absolute atomic E-state index is 11.2. The van der Waals surface area contributed by atoms with Gasteiger partial charge in [0.05, 0.1) is 0 Å².